The van der Waals surface area contributed by atoms with Crippen molar-refractivity contribution in [1.29, 1.82) is 0 Å². The molecule has 0 saturated heterocycles. The highest BCUT2D eigenvalue weighted by atomic mass is 32.1. The van der Waals surface area contributed by atoms with Crippen LogP contribution in [0.2, 0.25) is 0 Å². The van der Waals surface area contributed by atoms with Gasteiger partial charge < -0.3 is 10.6 Å². The fourth-order valence-corrected chi connectivity index (χ4v) is 3.16. The first-order valence-electron chi connectivity index (χ1n) is 9.76. The minimum absolute atomic E-state index is 0.0661. The van der Waals surface area contributed by atoms with Crippen molar-refractivity contribution in [3.8, 4) is 11.4 Å². The van der Waals surface area contributed by atoms with Gasteiger partial charge in [0.25, 0.3) is 5.91 Å². The van der Waals surface area contributed by atoms with Crippen LogP contribution in [0.15, 0.2) is 48.5 Å². The Morgan fingerprint density at radius 1 is 1.10 bits per heavy atom. The fourth-order valence-electron chi connectivity index (χ4n) is 2.94. The number of nitrogens with one attached hydrogen (secondary N) is 3. The number of nitrogens with zero attached hydrogens (tertiary/aromatic N) is 2. The van der Waals surface area contributed by atoms with E-state index in [2.05, 4.69) is 20.8 Å². The molecule has 0 aliphatic rings. The number of amides is 2. The van der Waals surface area contributed by atoms with E-state index in [9.17, 15) is 9.59 Å². The molecule has 0 bridgehead atoms. The van der Waals surface area contributed by atoms with Crippen LogP contribution in [-0.2, 0) is 11.3 Å². The van der Waals surface area contributed by atoms with Crippen molar-refractivity contribution in [2.24, 2.45) is 0 Å². The van der Waals surface area contributed by atoms with Crippen LogP contribution in [-0.4, -0.2) is 32.6 Å². The van der Waals surface area contributed by atoms with E-state index in [1.807, 2.05) is 49.6 Å². The van der Waals surface area contributed by atoms with Crippen molar-refractivity contribution in [2.75, 3.05) is 5.32 Å². The minimum Gasteiger partial charge on any atom is -0.350 e. The molecule has 0 radical (unpaired) electrons. The van der Waals surface area contributed by atoms with Gasteiger partial charge in [-0.2, -0.15) is 5.10 Å². The summed E-state index contributed by atoms with van der Waals surface area (Å²) in [5, 5.41) is 12.8. The predicted octanol–water partition coefficient (Wildman–Crippen LogP) is 4.08. The van der Waals surface area contributed by atoms with Gasteiger partial charge in [0, 0.05) is 35.8 Å². The van der Waals surface area contributed by atoms with Crippen LogP contribution in [0, 0.1) is 11.7 Å². The van der Waals surface area contributed by atoms with Crippen LogP contribution in [0.25, 0.3) is 11.4 Å². The van der Waals surface area contributed by atoms with Crippen LogP contribution in [0.3, 0.4) is 0 Å². The summed E-state index contributed by atoms with van der Waals surface area (Å²) in [6.45, 7) is 6.24. The molecule has 7 nitrogen and oxygen atoms in total. The molecule has 0 spiro atoms. The van der Waals surface area contributed by atoms with Gasteiger partial charge in [0.05, 0.1) is 0 Å². The number of aromatic amines is 1. The van der Waals surface area contributed by atoms with E-state index in [0.29, 0.717) is 28.4 Å². The third kappa shape index (κ3) is 5.42. The molecule has 3 N–H and O–H groups in total. The standard InChI is InChI=1S/C22H25N5O2S/c1-14(2)23-21(29)17-8-10-18(11-9-17)24-19(28)12-13-27-20(25-26-22(27)30)16-6-4-15(3)5-7-16/h4-11,14H,12-13H2,1-3H3,(H,23,29)(H,24,28)(H,26,30). The number of anilines is 1. The van der Waals surface area contributed by atoms with E-state index in [-0.39, 0.29) is 24.3 Å². The van der Waals surface area contributed by atoms with E-state index in [4.69, 9.17) is 12.2 Å². The topological polar surface area (TPSA) is 91.8 Å². The second-order valence-corrected chi connectivity index (χ2v) is 7.76. The second kappa shape index (κ2) is 9.49. The SMILES string of the molecule is Cc1ccc(-c2n[nH]c(=S)n2CCC(=O)Nc2ccc(C(=O)NC(C)C)cc2)cc1. The molecular weight excluding hydrogens is 398 g/mol. The molecule has 0 unspecified atom stereocenters. The third-order valence-electron chi connectivity index (χ3n) is 4.48. The van der Waals surface area contributed by atoms with Gasteiger partial charge in [-0.1, -0.05) is 29.8 Å². The monoisotopic (exact) mass is 423 g/mol. The van der Waals surface area contributed by atoms with Gasteiger partial charge in [-0.15, -0.1) is 0 Å². The number of rotatable bonds is 7. The Labute approximate surface area is 180 Å². The van der Waals surface area contributed by atoms with Crippen molar-refractivity contribution in [3.63, 3.8) is 0 Å². The van der Waals surface area contributed by atoms with E-state index < -0.39 is 0 Å². The lowest BCUT2D eigenvalue weighted by Crippen LogP contribution is -2.30. The Bertz CT molecular complexity index is 1080. The average Bonchev–Trinajstić information content (AvgIpc) is 3.07. The number of hydrogen-bond acceptors (Lipinski definition) is 4. The van der Waals surface area contributed by atoms with Crippen molar-refractivity contribution in [1.82, 2.24) is 20.1 Å². The largest absolute Gasteiger partial charge is 0.350 e. The summed E-state index contributed by atoms with van der Waals surface area (Å²) in [5.74, 6) is 0.418. The van der Waals surface area contributed by atoms with E-state index >= 15 is 0 Å². The molecule has 0 fully saturated rings. The van der Waals surface area contributed by atoms with E-state index in [1.54, 1.807) is 24.3 Å². The first-order valence-corrected chi connectivity index (χ1v) is 10.2. The Kier molecular flexibility index (Phi) is 6.79. The maximum Gasteiger partial charge on any atom is 0.251 e. The Balaban J connectivity index is 1.62. The van der Waals surface area contributed by atoms with Crippen LogP contribution in [0.5, 0.6) is 0 Å². The highest BCUT2D eigenvalue weighted by Gasteiger charge is 2.12. The van der Waals surface area contributed by atoms with E-state index in [1.165, 1.54) is 0 Å². The number of aromatic nitrogens is 3. The van der Waals surface area contributed by atoms with Crippen molar-refractivity contribution >= 4 is 29.7 Å². The molecule has 2 aromatic carbocycles. The average molecular weight is 424 g/mol. The molecule has 3 aromatic rings. The lowest BCUT2D eigenvalue weighted by molar-refractivity contribution is -0.116. The molecule has 156 valence electrons. The van der Waals surface area contributed by atoms with Gasteiger partial charge in [0.1, 0.15) is 0 Å². The van der Waals surface area contributed by atoms with Crippen molar-refractivity contribution in [2.45, 2.75) is 39.8 Å². The van der Waals surface area contributed by atoms with Gasteiger partial charge in [-0.25, -0.2) is 0 Å². The molecular formula is C22H25N5O2S. The maximum absolute atomic E-state index is 12.4. The molecule has 1 heterocycles. The number of carbonyl (C=O) groups is 2. The first kappa shape index (κ1) is 21.4. The molecule has 30 heavy (non-hydrogen) atoms. The number of H-pyrrole nitrogens is 1. The summed E-state index contributed by atoms with van der Waals surface area (Å²) >= 11 is 5.32. The Hall–Kier alpha value is -3.26. The Morgan fingerprint density at radius 3 is 2.40 bits per heavy atom. The molecule has 0 atom stereocenters. The third-order valence-corrected chi connectivity index (χ3v) is 4.79. The number of carbonyl (C=O) groups excluding carboxylic acids is 2. The lowest BCUT2D eigenvalue weighted by atomic mass is 10.1. The fraction of sp³-hybridized carbons (Fsp3) is 0.273. The molecule has 3 rings (SSSR count). The summed E-state index contributed by atoms with van der Waals surface area (Å²) in [7, 11) is 0. The van der Waals surface area contributed by atoms with Gasteiger partial charge in [-0.3, -0.25) is 19.3 Å². The normalized spacial score (nSPS) is 10.8. The molecule has 0 aliphatic heterocycles. The first-order chi connectivity index (χ1) is 14.3. The zero-order chi connectivity index (χ0) is 21.7. The maximum atomic E-state index is 12.4. The summed E-state index contributed by atoms with van der Waals surface area (Å²) in [5.41, 5.74) is 3.28. The molecule has 8 heteroatoms. The van der Waals surface area contributed by atoms with Crippen LogP contribution >= 0.6 is 12.2 Å². The second-order valence-electron chi connectivity index (χ2n) is 7.37. The van der Waals surface area contributed by atoms with Crippen LogP contribution < -0.4 is 10.6 Å². The van der Waals surface area contributed by atoms with Crippen LogP contribution in [0.4, 0.5) is 5.69 Å². The summed E-state index contributed by atoms with van der Waals surface area (Å²) in [6.07, 6.45) is 0.238. The van der Waals surface area contributed by atoms with Gasteiger partial charge in [-0.05, 0) is 57.3 Å². The van der Waals surface area contributed by atoms with Crippen LogP contribution in [0.1, 0.15) is 36.2 Å². The van der Waals surface area contributed by atoms with Crippen molar-refractivity contribution in [3.05, 3.63) is 64.4 Å². The zero-order valence-electron chi connectivity index (χ0n) is 17.2. The predicted molar refractivity (Wildman–Crippen MR) is 120 cm³/mol. The van der Waals surface area contributed by atoms with Gasteiger partial charge in [0.15, 0.2) is 10.6 Å². The minimum atomic E-state index is -0.146. The highest BCUT2D eigenvalue weighted by molar-refractivity contribution is 7.71. The smallest absolute Gasteiger partial charge is 0.251 e. The lowest BCUT2D eigenvalue weighted by Gasteiger charge is -2.10. The zero-order valence-corrected chi connectivity index (χ0v) is 18.0. The summed E-state index contributed by atoms with van der Waals surface area (Å²) < 4.78 is 2.29. The summed E-state index contributed by atoms with van der Waals surface area (Å²) in [6, 6.07) is 14.9. The number of aryl methyl sites for hydroxylation is 1. The molecule has 0 aliphatic carbocycles. The molecule has 0 saturated carbocycles. The Morgan fingerprint density at radius 2 is 1.77 bits per heavy atom. The number of hydrogen-bond donors (Lipinski definition) is 3. The molecule has 1 aromatic heterocycles. The van der Waals surface area contributed by atoms with Gasteiger partial charge in [0.2, 0.25) is 5.91 Å². The highest BCUT2D eigenvalue weighted by Crippen LogP contribution is 2.18. The van der Waals surface area contributed by atoms with Gasteiger partial charge >= 0.3 is 0 Å². The quantitative estimate of drug-likeness (QED) is 0.499. The van der Waals surface area contributed by atoms with E-state index in [0.717, 1.165) is 11.1 Å². The molecule has 2 amide bonds. The number of benzene rings is 2. The van der Waals surface area contributed by atoms with Crippen molar-refractivity contribution < 1.29 is 9.59 Å². The summed E-state index contributed by atoms with van der Waals surface area (Å²) in [4.78, 5) is 24.4.